The molecule has 147 heavy (non-hydrogen) atoms. The molecule has 2 aromatic carbocycles. The molecule has 12 rings (SSSR count). The number of aromatic nitrogens is 12. The molecule has 0 spiro atoms. The fourth-order valence-electron chi connectivity index (χ4n) is 15.2. The van der Waals surface area contributed by atoms with Gasteiger partial charge in [0.05, 0.1) is 113 Å². The molecule has 41 nitrogen and oxygen atoms in total. The van der Waals surface area contributed by atoms with Gasteiger partial charge in [0.1, 0.15) is 61.0 Å². The predicted octanol–water partition coefficient (Wildman–Crippen LogP) is 19.4. The Morgan fingerprint density at radius 2 is 0.776 bits per heavy atom. The first-order valence-corrected chi connectivity index (χ1v) is 67.6. The fourth-order valence-corrected chi connectivity index (χ4v) is 24.4. The van der Waals surface area contributed by atoms with Crippen molar-refractivity contribution in [3.05, 3.63) is 156 Å². The van der Waals surface area contributed by atoms with Crippen LogP contribution >= 0.6 is 33.5 Å². The number of ether oxygens (including phenoxy) is 4. The SMILES string of the molecule is CC[C@H]1O[C@@H](n2cc(C)c(=O)[nH]c2=O)C(OP(C)OCCC#N)[C@H]1O[Si](C)(C)C(C)(C)C.CC[C@H]1O[C@@H](n2ccc(NC(=O)c3ccccc3)nc2=O)C(OP(C)OCCC#N)[C@H]1O[Si](C)(C)C(C)(C)C.CC[C@H]1O[C@@H](n2cnc3c(=O)[nH]c(NC)nc32)C(OP(C)OCCC#N)[C@H]1O[Si](C)(C)C(C)(C)C.CC[C@H]1O[C@@H](n2cnc3c(NC(=O)c4ccccc4)ncnc32)C(OP(C)OCCC#N)[C@H]1O[Si](C)(C)C(C)(C)C. The molecule has 5 N–H and O–H groups in total. The Hall–Kier alpha value is -8.45. The van der Waals surface area contributed by atoms with Crippen LogP contribution in [0.1, 0.15) is 213 Å². The van der Waals surface area contributed by atoms with E-state index in [0.717, 1.165) is 6.42 Å². The summed E-state index contributed by atoms with van der Waals surface area (Å²) in [5.74, 6) is 0.117. The van der Waals surface area contributed by atoms with Crippen molar-refractivity contribution in [3.63, 3.8) is 0 Å². The third-order valence-electron chi connectivity index (χ3n) is 27.4. The first-order valence-electron chi connectivity index (χ1n) is 49.5. The minimum Gasteiger partial charge on any atom is -0.408 e. The maximum atomic E-state index is 13.2. The van der Waals surface area contributed by atoms with E-state index in [2.05, 4.69) is 223 Å². The van der Waals surface area contributed by atoms with Gasteiger partial charge in [-0.25, -0.2) is 29.5 Å². The second-order valence-electron chi connectivity index (χ2n) is 41.9. The Kier molecular flexibility index (Phi) is 44.6. The highest BCUT2D eigenvalue weighted by Crippen LogP contribution is 2.54. The number of H-pyrrole nitrogens is 2. The maximum absolute atomic E-state index is 13.2. The van der Waals surface area contributed by atoms with Gasteiger partial charge in [-0.05, 0) is 135 Å². The summed E-state index contributed by atoms with van der Waals surface area (Å²) in [5, 5.41) is 43.7. The summed E-state index contributed by atoms with van der Waals surface area (Å²) in [6.45, 7) is 61.9. The zero-order chi connectivity index (χ0) is 109. The third-order valence-corrected chi connectivity index (χ3v) is 49.6. The summed E-state index contributed by atoms with van der Waals surface area (Å²) in [7, 11) is -12.5. The van der Waals surface area contributed by atoms with Gasteiger partial charge in [-0.15, -0.1) is 0 Å². The van der Waals surface area contributed by atoms with Gasteiger partial charge in [0.2, 0.25) is 5.95 Å². The van der Waals surface area contributed by atoms with Crippen LogP contribution in [-0.2, 0) is 72.8 Å². The number of nitriles is 4. The van der Waals surface area contributed by atoms with Gasteiger partial charge in [0.25, 0.3) is 22.9 Å². The minimum absolute atomic E-state index is 0.00752. The molecule has 0 radical (unpaired) electrons. The van der Waals surface area contributed by atoms with Crippen LogP contribution in [-0.4, -0.2) is 237 Å². The Morgan fingerprint density at radius 3 is 1.12 bits per heavy atom. The van der Waals surface area contributed by atoms with Crippen LogP contribution in [0.3, 0.4) is 0 Å². The monoisotopic (exact) mass is 2180 g/mol. The molecule has 4 fully saturated rings. The number of nitrogens with zero attached hydrogens (tertiary/aromatic N) is 14. The molecular formula is C98H151N19O22P4Si4. The van der Waals surface area contributed by atoms with Gasteiger partial charge in [-0.3, -0.25) is 47.4 Å². The molecular weight excluding hydrogens is 2030 g/mol. The second kappa shape index (κ2) is 53.7. The number of nitrogens with one attached hydrogen (secondary N) is 5. The molecule has 0 aliphatic carbocycles. The summed E-state index contributed by atoms with van der Waals surface area (Å²) in [6.07, 6.45) is 3.71. The maximum Gasteiger partial charge on any atom is 0.351 e. The zero-order valence-corrected chi connectivity index (χ0v) is 98.1. The highest BCUT2D eigenvalue weighted by molar-refractivity contribution is 7.47. The van der Waals surface area contributed by atoms with Crippen LogP contribution in [0.25, 0.3) is 22.3 Å². The number of amides is 2. The van der Waals surface area contributed by atoms with E-state index < -0.39 is 145 Å². The molecule has 6 aromatic heterocycles. The number of carbonyl (C=O) groups is 2. The summed E-state index contributed by atoms with van der Waals surface area (Å²) in [4.78, 5) is 107. The quantitative estimate of drug-likeness (QED) is 0.0135. The van der Waals surface area contributed by atoms with Gasteiger partial charge in [0, 0.05) is 62.8 Å². The van der Waals surface area contributed by atoms with Crippen molar-refractivity contribution in [1.82, 2.24) is 58.1 Å². The van der Waals surface area contributed by atoms with Gasteiger partial charge < -0.3 is 88.8 Å². The molecule has 806 valence electrons. The zero-order valence-electron chi connectivity index (χ0n) is 90.5. The number of anilines is 3. The molecule has 4 saturated heterocycles. The van der Waals surface area contributed by atoms with E-state index in [1.807, 2.05) is 63.3 Å². The molecule has 49 heteroatoms. The first-order chi connectivity index (χ1) is 69.1. The Bertz CT molecular complexity index is 6080. The first kappa shape index (κ1) is 122. The number of fused-ring (bicyclic) bond motifs is 2. The van der Waals surface area contributed by atoms with Crippen LogP contribution in [0.4, 0.5) is 17.6 Å². The number of rotatable bonds is 41. The lowest BCUT2D eigenvalue weighted by Crippen LogP contribution is -2.49. The van der Waals surface area contributed by atoms with Crippen LogP contribution < -0.4 is 38.4 Å². The fraction of sp³-hybridized carbons (Fsp3) is 0.633. The number of aromatic amines is 2. The largest absolute Gasteiger partial charge is 0.408 e. The molecule has 4 aliphatic rings. The number of aryl methyl sites for hydroxylation is 1. The summed E-state index contributed by atoms with van der Waals surface area (Å²) >= 11 is 0. The van der Waals surface area contributed by atoms with Gasteiger partial charge in [-0.2, -0.15) is 31.0 Å². The highest BCUT2D eigenvalue weighted by atomic mass is 31.2. The van der Waals surface area contributed by atoms with Crippen LogP contribution in [0.2, 0.25) is 72.5 Å². The smallest absolute Gasteiger partial charge is 0.351 e. The van der Waals surface area contributed by atoms with Crippen molar-refractivity contribution in [1.29, 1.82) is 21.0 Å². The Labute approximate surface area is 871 Å². The third kappa shape index (κ3) is 31.7. The van der Waals surface area contributed by atoms with E-state index in [4.69, 9.17) is 93.9 Å². The van der Waals surface area contributed by atoms with E-state index in [1.165, 1.54) is 21.7 Å². The molecule has 2 amide bonds. The lowest BCUT2D eigenvalue weighted by Gasteiger charge is -2.40. The predicted molar refractivity (Wildman–Crippen MR) is 577 cm³/mol. The van der Waals surface area contributed by atoms with E-state index >= 15 is 0 Å². The van der Waals surface area contributed by atoms with Gasteiger partial charge in [-0.1, -0.05) is 147 Å². The lowest BCUT2D eigenvalue weighted by atomic mass is 10.1. The molecule has 10 heterocycles. The van der Waals surface area contributed by atoms with Crippen molar-refractivity contribution >= 4 is 118 Å². The Morgan fingerprint density at radius 1 is 0.435 bits per heavy atom. The summed E-state index contributed by atoms with van der Waals surface area (Å²) in [5.41, 5.74) is 0.991. The van der Waals surface area contributed by atoms with E-state index in [9.17, 15) is 28.8 Å². The average Bonchev–Trinajstić information content (AvgIpc) is 1.62. The summed E-state index contributed by atoms with van der Waals surface area (Å²) < 4.78 is 108. The number of imidazole rings is 2. The van der Waals surface area contributed by atoms with Crippen molar-refractivity contribution in [3.8, 4) is 24.3 Å². The average molecular weight is 2180 g/mol. The van der Waals surface area contributed by atoms with Crippen LogP contribution in [0.5, 0.6) is 0 Å². The standard InChI is InChI=1S/C28H39N6O5PSi.C27H39N4O6PSi.C22H37N6O5PSi.C21H36N3O6PSi/c1-8-20-22(39-41(6,7)28(2,3)4)23(38-40(5)36-16-12-15-29)27(37-20)34-18-32-21-24(30-17-31-25(21)34)33-26(35)19-13-10-9-11-14-19;1-8-20-22(37-39(6,7)27(2,3)4)23(36-38(5)34-18-12-16-28)25(35-20)31-17-15-21(30-26(31)33)29-24(32)19-13-10-9-11-14-19;1-9-14-16(33-35(7,8)22(2,3)4)17(32-34(6)30-12-10-11-23)20(31-14)28-13-25-15-18(28)26-21(24-5)27-19(15)29;1-9-15-16(30-32(7,8)21(3,4)5)17(29-31(6)27-12-10-11-22)19(28-15)24-13-14(2)18(25)23-20(24)26/h9-11,13-14,17-18,20,22-23,27H,8,12,16H2,1-7H3,(H,30,31,33,35);9-11,13-15,17,20,22-23,25H,8,12,18H2,1-7H3,(H,29,30,32,33);13-14,16-17,20H,9-10,12H2,1-8H3,(H2,24,26,27,29);13,15-17,19H,9-10,12H2,1-8H3,(H,23,25,26)/t20-,22+,23?,27-,40?;20-,22+,23?,25-,38?;14-,16+,17?,20-,34?;15-,16+,17?,19-,31?/m1111/s1. The number of hydrogen-bond acceptors (Lipinski definition) is 33. The number of hydrogen-bond donors (Lipinski definition) is 5. The normalized spacial score (nSPS) is 23.2. The van der Waals surface area contributed by atoms with E-state index in [0.29, 0.717) is 71.1 Å². The highest BCUT2D eigenvalue weighted by Gasteiger charge is 2.57. The number of benzene rings is 2. The van der Waals surface area contributed by atoms with Gasteiger partial charge in [0.15, 0.2) is 120 Å². The van der Waals surface area contributed by atoms with Crippen LogP contribution in [0.15, 0.2) is 117 Å². The molecule has 4 aliphatic heterocycles. The van der Waals surface area contributed by atoms with Crippen LogP contribution in [0, 0.1) is 52.2 Å². The molecule has 8 unspecified atom stereocenters. The molecule has 0 saturated carbocycles. The molecule has 8 aromatic rings. The van der Waals surface area contributed by atoms with Crippen molar-refractivity contribution in [2.45, 2.75) is 340 Å². The topological polar surface area (TPSA) is 510 Å². The summed E-state index contributed by atoms with van der Waals surface area (Å²) in [6, 6.07) is 27.5. The minimum atomic E-state index is -2.24. The Balaban J connectivity index is 0.000000219. The van der Waals surface area contributed by atoms with Crippen molar-refractivity contribution < 1.29 is 82.4 Å². The van der Waals surface area contributed by atoms with Crippen molar-refractivity contribution in [2.24, 2.45) is 0 Å². The lowest BCUT2D eigenvalue weighted by molar-refractivity contribution is -0.0351. The molecule has 0 bridgehead atoms. The van der Waals surface area contributed by atoms with Crippen molar-refractivity contribution in [2.75, 3.05) is 76.1 Å². The number of carbonyl (C=O) groups excluding carboxylic acids is 2. The van der Waals surface area contributed by atoms with E-state index in [-0.39, 0.29) is 131 Å². The molecule has 20 atom stereocenters. The van der Waals surface area contributed by atoms with Gasteiger partial charge >= 0.3 is 11.4 Å². The van der Waals surface area contributed by atoms with E-state index in [1.54, 1.807) is 92.0 Å². The second-order valence-corrected chi connectivity index (χ2v) is 66.3.